The molecule has 9 heteroatoms. The van der Waals surface area contributed by atoms with E-state index in [1.807, 2.05) is 24.3 Å². The lowest BCUT2D eigenvalue weighted by molar-refractivity contribution is -0.139. The summed E-state index contributed by atoms with van der Waals surface area (Å²) in [5, 5.41) is 2.87. The number of nitrogens with one attached hydrogen (secondary N) is 2. The van der Waals surface area contributed by atoms with E-state index in [4.69, 9.17) is 5.73 Å². The number of hydrogen-bond acceptors (Lipinski definition) is 5. The van der Waals surface area contributed by atoms with Crippen molar-refractivity contribution in [2.75, 3.05) is 6.54 Å². The van der Waals surface area contributed by atoms with Crippen molar-refractivity contribution < 1.29 is 18.0 Å². The summed E-state index contributed by atoms with van der Waals surface area (Å²) in [5.74, 6) is -0.656. The van der Waals surface area contributed by atoms with E-state index in [-0.39, 0.29) is 10.8 Å². The third kappa shape index (κ3) is 5.69. The molecule has 8 nitrogen and oxygen atoms in total. The van der Waals surface area contributed by atoms with Gasteiger partial charge in [-0.25, -0.2) is 8.42 Å². The minimum absolute atomic E-state index is 0.0889. The minimum Gasteiger partial charge on any atom is -0.350 e. The second-order valence-corrected chi connectivity index (χ2v) is 9.30. The Bertz CT molecular complexity index is 1010. The van der Waals surface area contributed by atoms with Gasteiger partial charge in [-0.2, -0.15) is 4.72 Å². The molecular weight excluding hydrogens is 416 g/mol. The molecule has 2 aromatic rings. The molecule has 0 saturated carbocycles. The average Bonchev–Trinajstić information content (AvgIpc) is 3.27. The van der Waals surface area contributed by atoms with Gasteiger partial charge in [-0.3, -0.25) is 9.59 Å². The number of hydrogen-bond donors (Lipinski definition) is 3. The van der Waals surface area contributed by atoms with Crippen molar-refractivity contribution in [2.24, 2.45) is 5.73 Å². The van der Waals surface area contributed by atoms with Crippen LogP contribution in [0.25, 0.3) is 0 Å². The van der Waals surface area contributed by atoms with Gasteiger partial charge in [0.15, 0.2) is 0 Å². The largest absolute Gasteiger partial charge is 0.350 e. The van der Waals surface area contributed by atoms with Crippen LogP contribution in [0.4, 0.5) is 0 Å². The van der Waals surface area contributed by atoms with Crippen LogP contribution in [0.2, 0.25) is 0 Å². The number of rotatable bonds is 8. The highest BCUT2D eigenvalue weighted by Gasteiger charge is 2.36. The fourth-order valence-corrected chi connectivity index (χ4v) is 4.82. The molecule has 1 saturated heterocycles. The molecule has 1 aliphatic rings. The lowest BCUT2D eigenvalue weighted by atomic mass is 10.1. The molecule has 0 radical (unpaired) electrons. The molecular formula is C22H28N4O4S. The monoisotopic (exact) mass is 444 g/mol. The zero-order valence-electron chi connectivity index (χ0n) is 17.5. The molecule has 0 spiro atoms. The van der Waals surface area contributed by atoms with Gasteiger partial charge in [0.25, 0.3) is 0 Å². The van der Waals surface area contributed by atoms with E-state index in [0.717, 1.165) is 11.1 Å². The fraction of sp³-hybridized carbons (Fsp3) is 0.364. The van der Waals surface area contributed by atoms with Gasteiger partial charge in [-0.1, -0.05) is 42.5 Å². The quantitative estimate of drug-likeness (QED) is 0.563. The van der Waals surface area contributed by atoms with Gasteiger partial charge < -0.3 is 16.0 Å². The van der Waals surface area contributed by atoms with E-state index < -0.39 is 28.0 Å². The van der Waals surface area contributed by atoms with Gasteiger partial charge in [0.1, 0.15) is 6.04 Å². The topological polar surface area (TPSA) is 122 Å². The highest BCUT2D eigenvalue weighted by Crippen LogP contribution is 2.19. The predicted molar refractivity (Wildman–Crippen MR) is 117 cm³/mol. The maximum Gasteiger partial charge on any atom is 0.243 e. The summed E-state index contributed by atoms with van der Waals surface area (Å²) < 4.78 is 27.4. The van der Waals surface area contributed by atoms with Gasteiger partial charge in [0, 0.05) is 19.6 Å². The first-order valence-corrected chi connectivity index (χ1v) is 11.7. The van der Waals surface area contributed by atoms with Gasteiger partial charge >= 0.3 is 0 Å². The normalized spacial score (nSPS) is 17.4. The van der Waals surface area contributed by atoms with E-state index in [0.29, 0.717) is 32.5 Å². The van der Waals surface area contributed by atoms with Crippen LogP contribution in [0.5, 0.6) is 0 Å². The molecule has 0 bridgehead atoms. The summed E-state index contributed by atoms with van der Waals surface area (Å²) >= 11 is 0. The van der Waals surface area contributed by atoms with Crippen LogP contribution in [0.1, 0.15) is 30.9 Å². The lowest BCUT2D eigenvalue weighted by Gasteiger charge is -2.27. The van der Waals surface area contributed by atoms with Crippen molar-refractivity contribution in [3.8, 4) is 0 Å². The number of carbonyl (C=O) groups excluding carboxylic acids is 2. The standard InChI is InChI=1S/C22H28N4O4S/c1-16(25-31(29,30)19-6-3-2-4-7-19)22(28)26-13-5-8-20(26)21(27)24-15-18-11-9-17(14-23)10-12-18/h2-4,6-7,9-12,16,20,25H,5,8,13-15,23H2,1H3,(H,24,27). The van der Waals surface area contributed by atoms with Gasteiger partial charge in [-0.05, 0) is 43.0 Å². The number of likely N-dealkylation sites (tertiary alicyclic amines) is 1. The average molecular weight is 445 g/mol. The number of amides is 2. The van der Waals surface area contributed by atoms with Crippen LogP contribution < -0.4 is 15.8 Å². The van der Waals surface area contributed by atoms with Crippen LogP contribution in [0.15, 0.2) is 59.5 Å². The SMILES string of the molecule is CC(NS(=O)(=O)c1ccccc1)C(=O)N1CCCC1C(=O)NCc1ccc(CN)cc1. The highest BCUT2D eigenvalue weighted by molar-refractivity contribution is 7.89. The van der Waals surface area contributed by atoms with Crippen molar-refractivity contribution in [3.05, 3.63) is 65.7 Å². The number of nitrogens with two attached hydrogens (primary N) is 1. The summed E-state index contributed by atoms with van der Waals surface area (Å²) in [7, 11) is -3.83. The summed E-state index contributed by atoms with van der Waals surface area (Å²) in [6.07, 6.45) is 1.23. The Morgan fingerprint density at radius 3 is 2.39 bits per heavy atom. The van der Waals surface area contributed by atoms with Crippen LogP contribution in [0, 0.1) is 0 Å². The summed E-state index contributed by atoms with van der Waals surface area (Å²) in [6.45, 7) is 2.71. The molecule has 31 heavy (non-hydrogen) atoms. The highest BCUT2D eigenvalue weighted by atomic mass is 32.2. The van der Waals surface area contributed by atoms with Crippen LogP contribution in [0.3, 0.4) is 0 Å². The van der Waals surface area contributed by atoms with E-state index in [1.54, 1.807) is 18.2 Å². The molecule has 2 atom stereocenters. The van der Waals surface area contributed by atoms with Crippen molar-refractivity contribution in [1.29, 1.82) is 0 Å². The molecule has 1 heterocycles. The Hall–Kier alpha value is -2.75. The fourth-order valence-electron chi connectivity index (χ4n) is 3.60. The molecule has 0 aliphatic carbocycles. The Kier molecular flexibility index (Phi) is 7.42. The maximum atomic E-state index is 12.9. The third-order valence-electron chi connectivity index (χ3n) is 5.32. The zero-order chi connectivity index (χ0) is 22.4. The van der Waals surface area contributed by atoms with E-state index in [2.05, 4.69) is 10.0 Å². The van der Waals surface area contributed by atoms with E-state index in [1.165, 1.54) is 24.0 Å². The first kappa shape index (κ1) is 22.9. The zero-order valence-corrected chi connectivity index (χ0v) is 18.3. The van der Waals surface area contributed by atoms with Crippen LogP contribution >= 0.6 is 0 Å². The molecule has 2 unspecified atom stereocenters. The van der Waals surface area contributed by atoms with E-state index in [9.17, 15) is 18.0 Å². The Morgan fingerprint density at radius 2 is 1.74 bits per heavy atom. The Labute approximate surface area is 182 Å². The molecule has 2 aromatic carbocycles. The molecule has 166 valence electrons. The number of nitrogens with zero attached hydrogens (tertiary/aromatic N) is 1. The maximum absolute atomic E-state index is 12.9. The van der Waals surface area contributed by atoms with Crippen molar-refractivity contribution in [2.45, 2.75) is 49.8 Å². The smallest absolute Gasteiger partial charge is 0.243 e. The summed E-state index contributed by atoms with van der Waals surface area (Å²) in [4.78, 5) is 27.2. The van der Waals surface area contributed by atoms with Crippen molar-refractivity contribution in [3.63, 3.8) is 0 Å². The number of carbonyl (C=O) groups is 2. The minimum atomic E-state index is -3.83. The van der Waals surface area contributed by atoms with Crippen LogP contribution in [-0.4, -0.2) is 43.8 Å². The number of sulfonamides is 1. The summed E-state index contributed by atoms with van der Waals surface area (Å²) in [5.41, 5.74) is 7.54. The molecule has 2 amide bonds. The molecule has 4 N–H and O–H groups in total. The molecule has 1 fully saturated rings. The predicted octanol–water partition coefficient (Wildman–Crippen LogP) is 1.12. The summed E-state index contributed by atoms with van der Waals surface area (Å²) in [6, 6.07) is 13.9. The Morgan fingerprint density at radius 1 is 1.10 bits per heavy atom. The molecule has 1 aliphatic heterocycles. The van der Waals surface area contributed by atoms with Crippen LogP contribution in [-0.2, 0) is 32.7 Å². The van der Waals surface area contributed by atoms with E-state index >= 15 is 0 Å². The second kappa shape index (κ2) is 10.0. The van der Waals surface area contributed by atoms with Crippen molar-refractivity contribution >= 4 is 21.8 Å². The third-order valence-corrected chi connectivity index (χ3v) is 6.88. The second-order valence-electron chi connectivity index (χ2n) is 7.58. The van der Waals surface area contributed by atoms with Gasteiger partial charge in [0.05, 0.1) is 10.9 Å². The van der Waals surface area contributed by atoms with Crippen molar-refractivity contribution in [1.82, 2.24) is 14.9 Å². The Balaban J connectivity index is 1.60. The van der Waals surface area contributed by atoms with Gasteiger partial charge in [-0.15, -0.1) is 0 Å². The first-order valence-electron chi connectivity index (χ1n) is 10.3. The lowest BCUT2D eigenvalue weighted by Crippen LogP contribution is -2.52. The number of benzene rings is 2. The molecule has 0 aromatic heterocycles. The molecule has 3 rings (SSSR count). The van der Waals surface area contributed by atoms with Gasteiger partial charge in [0.2, 0.25) is 21.8 Å². The first-order chi connectivity index (χ1) is 14.8.